The van der Waals surface area contributed by atoms with Gasteiger partial charge in [-0.2, -0.15) is 5.10 Å². The van der Waals surface area contributed by atoms with Crippen molar-refractivity contribution in [1.82, 2.24) is 5.01 Å². The van der Waals surface area contributed by atoms with E-state index in [2.05, 4.69) is 5.10 Å². The first kappa shape index (κ1) is 13.9. The van der Waals surface area contributed by atoms with Crippen LogP contribution in [0, 0.1) is 10.1 Å². The number of carbonyl (C=O) groups excluding carboxylic acids is 1. The van der Waals surface area contributed by atoms with Gasteiger partial charge in [0.2, 0.25) is 6.41 Å². The molecular weight excluding hydrogens is 282 g/mol. The van der Waals surface area contributed by atoms with Gasteiger partial charge in [-0.1, -0.05) is 42.5 Å². The highest BCUT2D eigenvalue weighted by Gasteiger charge is 2.32. The zero-order valence-electron chi connectivity index (χ0n) is 11.6. The lowest BCUT2D eigenvalue weighted by atomic mass is 9.97. The van der Waals surface area contributed by atoms with Crippen molar-refractivity contribution in [3.63, 3.8) is 0 Å². The first-order chi connectivity index (χ1) is 10.7. The summed E-state index contributed by atoms with van der Waals surface area (Å²) in [5.74, 6) is 0. The third-order valence-electron chi connectivity index (χ3n) is 3.65. The van der Waals surface area contributed by atoms with E-state index in [0.29, 0.717) is 18.4 Å². The number of carbonyl (C=O) groups is 1. The topological polar surface area (TPSA) is 75.8 Å². The van der Waals surface area contributed by atoms with Crippen LogP contribution in [0.1, 0.15) is 23.6 Å². The Hall–Kier alpha value is -3.02. The van der Waals surface area contributed by atoms with Crippen LogP contribution in [0.15, 0.2) is 59.7 Å². The number of nitro benzene ring substituents is 1. The fourth-order valence-corrected chi connectivity index (χ4v) is 2.62. The van der Waals surface area contributed by atoms with Crippen molar-refractivity contribution >= 4 is 17.8 Å². The fraction of sp³-hybridized carbons (Fsp3) is 0.125. The van der Waals surface area contributed by atoms with E-state index in [9.17, 15) is 14.9 Å². The number of para-hydroxylation sites is 1. The predicted molar refractivity (Wildman–Crippen MR) is 81.3 cm³/mol. The van der Waals surface area contributed by atoms with Gasteiger partial charge in [-0.25, -0.2) is 5.01 Å². The predicted octanol–water partition coefficient (Wildman–Crippen LogP) is 2.90. The van der Waals surface area contributed by atoms with Gasteiger partial charge in [0.15, 0.2) is 0 Å². The molecule has 0 bridgehead atoms. The number of nitro groups is 1. The number of hydrogen-bond acceptors (Lipinski definition) is 4. The standard InChI is InChI=1S/C16H13N3O3/c20-11-18-16(13-8-4-5-9-15(13)19(21)22)10-14(17-18)12-6-2-1-3-7-12/h1-9,11,16H,10H2/t16-/m1/s1. The van der Waals surface area contributed by atoms with E-state index in [1.807, 2.05) is 30.3 Å². The molecule has 0 spiro atoms. The van der Waals surface area contributed by atoms with Gasteiger partial charge in [-0.15, -0.1) is 0 Å². The molecular formula is C16H13N3O3. The molecule has 6 nitrogen and oxygen atoms in total. The monoisotopic (exact) mass is 295 g/mol. The Morgan fingerprint density at radius 2 is 1.82 bits per heavy atom. The third kappa shape index (κ3) is 2.46. The summed E-state index contributed by atoms with van der Waals surface area (Å²) in [6, 6.07) is 15.5. The molecule has 1 atom stereocenters. The molecule has 110 valence electrons. The van der Waals surface area contributed by atoms with Crippen molar-refractivity contribution in [1.29, 1.82) is 0 Å². The molecule has 3 rings (SSSR count). The number of amides is 1. The Kier molecular flexibility index (Phi) is 3.65. The lowest BCUT2D eigenvalue weighted by molar-refractivity contribution is -0.385. The maximum absolute atomic E-state index is 11.3. The van der Waals surface area contributed by atoms with Gasteiger partial charge in [-0.3, -0.25) is 14.9 Å². The van der Waals surface area contributed by atoms with Crippen LogP contribution in [0.3, 0.4) is 0 Å². The van der Waals surface area contributed by atoms with E-state index < -0.39 is 11.0 Å². The van der Waals surface area contributed by atoms with Crippen molar-refractivity contribution in [2.45, 2.75) is 12.5 Å². The maximum atomic E-state index is 11.3. The molecule has 1 amide bonds. The molecule has 0 fully saturated rings. The highest BCUT2D eigenvalue weighted by molar-refractivity contribution is 6.02. The van der Waals surface area contributed by atoms with Crippen molar-refractivity contribution in [3.8, 4) is 0 Å². The average molecular weight is 295 g/mol. The SMILES string of the molecule is O=CN1N=C(c2ccccc2)C[C@@H]1c1ccccc1[N+](=O)[O-]. The molecule has 1 aliphatic rings. The molecule has 22 heavy (non-hydrogen) atoms. The Bertz CT molecular complexity index is 743. The van der Waals surface area contributed by atoms with Gasteiger partial charge < -0.3 is 0 Å². The van der Waals surface area contributed by atoms with Crippen LogP contribution >= 0.6 is 0 Å². The Labute approximate surface area is 126 Å². The Morgan fingerprint density at radius 1 is 1.14 bits per heavy atom. The van der Waals surface area contributed by atoms with E-state index in [1.165, 1.54) is 11.1 Å². The van der Waals surface area contributed by atoms with Gasteiger partial charge in [0.1, 0.15) is 0 Å². The average Bonchev–Trinajstić information content (AvgIpc) is 3.00. The van der Waals surface area contributed by atoms with E-state index >= 15 is 0 Å². The van der Waals surface area contributed by atoms with Gasteiger partial charge in [0, 0.05) is 12.5 Å². The molecule has 0 aliphatic carbocycles. The molecule has 0 radical (unpaired) electrons. The Morgan fingerprint density at radius 3 is 2.50 bits per heavy atom. The summed E-state index contributed by atoms with van der Waals surface area (Å²) in [6.07, 6.45) is 1.06. The first-order valence-electron chi connectivity index (χ1n) is 6.80. The van der Waals surface area contributed by atoms with Gasteiger partial charge >= 0.3 is 0 Å². The third-order valence-corrected chi connectivity index (χ3v) is 3.65. The van der Waals surface area contributed by atoms with Crippen LogP contribution in [0.25, 0.3) is 0 Å². The second-order valence-electron chi connectivity index (χ2n) is 4.93. The molecule has 2 aromatic rings. The summed E-state index contributed by atoms with van der Waals surface area (Å²) in [7, 11) is 0. The highest BCUT2D eigenvalue weighted by atomic mass is 16.6. The summed E-state index contributed by atoms with van der Waals surface area (Å²) in [6.45, 7) is 0. The van der Waals surface area contributed by atoms with Crippen LogP contribution in [0.2, 0.25) is 0 Å². The second-order valence-corrected chi connectivity index (χ2v) is 4.93. The van der Waals surface area contributed by atoms with E-state index in [1.54, 1.807) is 18.2 Å². The highest BCUT2D eigenvalue weighted by Crippen LogP contribution is 2.36. The molecule has 0 unspecified atom stereocenters. The second kappa shape index (κ2) is 5.77. The van der Waals surface area contributed by atoms with E-state index in [0.717, 1.165) is 11.3 Å². The van der Waals surface area contributed by atoms with Crippen molar-refractivity contribution < 1.29 is 9.72 Å². The van der Waals surface area contributed by atoms with Crippen LogP contribution < -0.4 is 0 Å². The summed E-state index contributed by atoms with van der Waals surface area (Å²) in [5.41, 5.74) is 2.16. The zero-order chi connectivity index (χ0) is 15.5. The number of hydrazone groups is 1. The molecule has 0 N–H and O–H groups in total. The summed E-state index contributed by atoms with van der Waals surface area (Å²) in [5, 5.41) is 16.7. The molecule has 2 aromatic carbocycles. The minimum absolute atomic E-state index is 0.00358. The zero-order valence-corrected chi connectivity index (χ0v) is 11.6. The minimum Gasteiger partial charge on any atom is -0.277 e. The summed E-state index contributed by atoms with van der Waals surface area (Å²) >= 11 is 0. The largest absolute Gasteiger partial charge is 0.277 e. The van der Waals surface area contributed by atoms with Crippen LogP contribution in [-0.4, -0.2) is 22.1 Å². The van der Waals surface area contributed by atoms with Crippen molar-refractivity contribution in [3.05, 3.63) is 75.8 Å². The number of rotatable bonds is 4. The lowest BCUT2D eigenvalue weighted by Crippen LogP contribution is -2.18. The lowest BCUT2D eigenvalue weighted by Gasteiger charge is -2.17. The molecule has 0 saturated carbocycles. The number of nitrogens with zero attached hydrogens (tertiary/aromatic N) is 3. The number of hydrogen-bond donors (Lipinski definition) is 0. The summed E-state index contributed by atoms with van der Waals surface area (Å²) < 4.78 is 0. The van der Waals surface area contributed by atoms with E-state index in [4.69, 9.17) is 0 Å². The summed E-state index contributed by atoms with van der Waals surface area (Å²) in [4.78, 5) is 22.1. The van der Waals surface area contributed by atoms with Crippen LogP contribution in [0.5, 0.6) is 0 Å². The van der Waals surface area contributed by atoms with Crippen molar-refractivity contribution in [2.24, 2.45) is 5.10 Å². The molecule has 1 aliphatic heterocycles. The maximum Gasteiger partial charge on any atom is 0.274 e. The van der Waals surface area contributed by atoms with Crippen LogP contribution in [-0.2, 0) is 4.79 Å². The minimum atomic E-state index is -0.450. The normalized spacial score (nSPS) is 17.2. The quantitative estimate of drug-likeness (QED) is 0.494. The van der Waals surface area contributed by atoms with Crippen LogP contribution in [0.4, 0.5) is 5.69 Å². The molecule has 6 heteroatoms. The molecule has 0 aromatic heterocycles. The molecule has 1 heterocycles. The van der Waals surface area contributed by atoms with Gasteiger partial charge in [-0.05, 0) is 11.6 Å². The smallest absolute Gasteiger partial charge is 0.274 e. The fourth-order valence-electron chi connectivity index (χ4n) is 2.62. The van der Waals surface area contributed by atoms with Crippen molar-refractivity contribution in [2.75, 3.05) is 0 Å². The van der Waals surface area contributed by atoms with E-state index in [-0.39, 0.29) is 5.69 Å². The first-order valence-corrected chi connectivity index (χ1v) is 6.80. The van der Waals surface area contributed by atoms with Gasteiger partial charge in [0.05, 0.1) is 22.2 Å². The number of benzene rings is 2. The molecule has 0 saturated heterocycles. The van der Waals surface area contributed by atoms with Gasteiger partial charge in [0.25, 0.3) is 5.69 Å². The Balaban J connectivity index is 1.97.